The van der Waals surface area contributed by atoms with E-state index < -0.39 is 15.1 Å². The predicted octanol–water partition coefficient (Wildman–Crippen LogP) is 1.84. The molecular formula is C18H24N4O3S. The fourth-order valence-corrected chi connectivity index (χ4v) is 4.84. The second kappa shape index (κ2) is 7.90. The van der Waals surface area contributed by atoms with Crippen LogP contribution in [0.2, 0.25) is 0 Å². The molecule has 0 aliphatic carbocycles. The van der Waals surface area contributed by atoms with Crippen LogP contribution < -0.4 is 5.32 Å². The molecular weight excluding hydrogens is 352 g/mol. The number of nitrogens with zero attached hydrogens (tertiary/aromatic N) is 3. The highest BCUT2D eigenvalue weighted by Gasteiger charge is 2.32. The molecule has 0 radical (unpaired) electrons. The number of amides is 2. The number of rotatable bonds is 5. The summed E-state index contributed by atoms with van der Waals surface area (Å²) in [5.74, 6) is 0. The molecule has 2 amide bonds. The minimum atomic E-state index is -3.34. The maximum Gasteiger partial charge on any atom is 0.317 e. The van der Waals surface area contributed by atoms with Crippen molar-refractivity contribution in [3.63, 3.8) is 0 Å². The number of carbonyl (C=O) groups is 1. The molecule has 3 rings (SSSR count). The Morgan fingerprint density at radius 2 is 1.92 bits per heavy atom. The first kappa shape index (κ1) is 18.4. The highest BCUT2D eigenvalue weighted by molar-refractivity contribution is 7.92. The smallest absolute Gasteiger partial charge is 0.317 e. The summed E-state index contributed by atoms with van der Waals surface area (Å²) >= 11 is 0. The summed E-state index contributed by atoms with van der Waals surface area (Å²) in [5.41, 5.74) is 1.03. The van der Waals surface area contributed by atoms with E-state index in [-0.39, 0.29) is 6.03 Å². The Kier molecular flexibility index (Phi) is 5.61. The van der Waals surface area contributed by atoms with Crippen molar-refractivity contribution in [2.45, 2.75) is 36.5 Å². The molecule has 2 heterocycles. The average molecular weight is 376 g/mol. The van der Waals surface area contributed by atoms with E-state index in [2.05, 4.69) is 10.4 Å². The number of hydrogen-bond donors (Lipinski definition) is 1. The molecule has 1 aromatic carbocycles. The van der Waals surface area contributed by atoms with E-state index in [0.29, 0.717) is 43.9 Å². The van der Waals surface area contributed by atoms with Gasteiger partial charge >= 0.3 is 6.03 Å². The number of sulfone groups is 1. The molecule has 1 aliphatic heterocycles. The van der Waals surface area contributed by atoms with Crippen LogP contribution in [-0.2, 0) is 16.4 Å². The van der Waals surface area contributed by atoms with Gasteiger partial charge in [0, 0.05) is 32.0 Å². The summed E-state index contributed by atoms with van der Waals surface area (Å²) in [6, 6.07) is 8.65. The highest BCUT2D eigenvalue weighted by atomic mass is 32.2. The Morgan fingerprint density at radius 3 is 2.54 bits per heavy atom. The minimum Gasteiger partial charge on any atom is -0.336 e. The molecule has 1 aromatic heterocycles. The lowest BCUT2D eigenvalue weighted by Crippen LogP contribution is -2.47. The van der Waals surface area contributed by atoms with Gasteiger partial charge in [0.2, 0.25) is 0 Å². The van der Waals surface area contributed by atoms with Crippen molar-refractivity contribution >= 4 is 15.9 Å². The summed E-state index contributed by atoms with van der Waals surface area (Å²) in [6.45, 7) is 3.92. The summed E-state index contributed by atoms with van der Waals surface area (Å²) in [6.07, 6.45) is 4.46. The first-order chi connectivity index (χ1) is 12.5. The number of aromatic nitrogens is 2. The van der Waals surface area contributed by atoms with Gasteiger partial charge in [0.1, 0.15) is 0 Å². The van der Waals surface area contributed by atoms with Gasteiger partial charge < -0.3 is 10.2 Å². The largest absolute Gasteiger partial charge is 0.336 e. The van der Waals surface area contributed by atoms with Crippen LogP contribution in [0.15, 0.2) is 47.6 Å². The Balaban J connectivity index is 1.50. The van der Waals surface area contributed by atoms with Gasteiger partial charge in [-0.15, -0.1) is 0 Å². The van der Waals surface area contributed by atoms with Gasteiger partial charge in [0.05, 0.1) is 16.7 Å². The third kappa shape index (κ3) is 4.24. The van der Waals surface area contributed by atoms with Crippen molar-refractivity contribution in [3.8, 4) is 0 Å². The lowest BCUT2D eigenvalue weighted by molar-refractivity contribution is 0.186. The molecule has 140 valence electrons. The van der Waals surface area contributed by atoms with Crippen LogP contribution in [-0.4, -0.2) is 54.0 Å². The predicted molar refractivity (Wildman–Crippen MR) is 98.6 cm³/mol. The van der Waals surface area contributed by atoms with E-state index in [9.17, 15) is 13.2 Å². The highest BCUT2D eigenvalue weighted by Crippen LogP contribution is 2.24. The number of hydrogen-bond acceptors (Lipinski definition) is 4. The number of aryl methyl sites for hydroxylation is 1. The second-order valence-corrected chi connectivity index (χ2v) is 8.77. The molecule has 1 N–H and O–H groups in total. The first-order valence-electron chi connectivity index (χ1n) is 8.77. The number of benzene rings is 1. The normalized spacial score (nSPS) is 15.8. The fraction of sp³-hybridized carbons (Fsp3) is 0.444. The van der Waals surface area contributed by atoms with Crippen molar-refractivity contribution in [1.82, 2.24) is 20.0 Å². The van der Waals surface area contributed by atoms with Crippen LogP contribution in [0.1, 0.15) is 18.4 Å². The third-order valence-corrected chi connectivity index (χ3v) is 6.97. The summed E-state index contributed by atoms with van der Waals surface area (Å²) < 4.78 is 27.3. The van der Waals surface area contributed by atoms with Crippen molar-refractivity contribution in [2.24, 2.45) is 0 Å². The van der Waals surface area contributed by atoms with Gasteiger partial charge in [0.25, 0.3) is 0 Å². The van der Waals surface area contributed by atoms with Crippen molar-refractivity contribution in [2.75, 3.05) is 19.6 Å². The molecule has 1 fully saturated rings. The number of carbonyl (C=O) groups excluding carboxylic acids is 1. The zero-order valence-electron chi connectivity index (χ0n) is 14.8. The quantitative estimate of drug-likeness (QED) is 0.863. The van der Waals surface area contributed by atoms with Crippen LogP contribution in [0.3, 0.4) is 0 Å². The lowest BCUT2D eigenvalue weighted by atomic mass is 10.1. The minimum absolute atomic E-state index is 0.150. The van der Waals surface area contributed by atoms with Crippen molar-refractivity contribution < 1.29 is 13.2 Å². The van der Waals surface area contributed by atoms with Crippen LogP contribution in [0.4, 0.5) is 4.79 Å². The van der Waals surface area contributed by atoms with Gasteiger partial charge in [0.15, 0.2) is 9.84 Å². The maximum atomic E-state index is 12.7. The van der Waals surface area contributed by atoms with Gasteiger partial charge in [-0.25, -0.2) is 13.2 Å². The number of likely N-dealkylation sites (tertiary alicyclic amines) is 1. The van der Waals surface area contributed by atoms with E-state index in [1.807, 2.05) is 31.3 Å². The van der Waals surface area contributed by atoms with Gasteiger partial charge in [-0.3, -0.25) is 4.68 Å². The third-order valence-electron chi connectivity index (χ3n) is 4.69. The molecule has 0 unspecified atom stereocenters. The summed E-state index contributed by atoms with van der Waals surface area (Å²) in [5, 5.41) is 6.51. The summed E-state index contributed by atoms with van der Waals surface area (Å²) in [4.78, 5) is 14.3. The molecule has 7 nitrogen and oxygen atoms in total. The molecule has 0 spiro atoms. The lowest BCUT2D eigenvalue weighted by Gasteiger charge is -2.31. The van der Waals surface area contributed by atoms with E-state index in [1.54, 1.807) is 27.9 Å². The van der Waals surface area contributed by atoms with Crippen LogP contribution in [0, 0.1) is 6.92 Å². The standard InChI is InChI=1S/C18H24N4O3S/c1-15-3-5-16(6-4-15)26(24,25)17-7-12-21(13-8-17)18(23)19-10-14-22-11-2-9-20-22/h2-6,9,11,17H,7-8,10,12-14H2,1H3,(H,19,23). The molecule has 0 atom stereocenters. The van der Waals surface area contributed by atoms with Crippen LogP contribution in [0.5, 0.6) is 0 Å². The molecule has 0 bridgehead atoms. The second-order valence-electron chi connectivity index (χ2n) is 6.55. The van der Waals surface area contributed by atoms with Crippen LogP contribution in [0.25, 0.3) is 0 Å². The van der Waals surface area contributed by atoms with Crippen LogP contribution >= 0.6 is 0 Å². The zero-order chi connectivity index (χ0) is 18.6. The van der Waals surface area contributed by atoms with Gasteiger partial charge in [-0.2, -0.15) is 5.10 Å². The molecule has 1 saturated heterocycles. The molecule has 1 aliphatic rings. The van der Waals surface area contributed by atoms with Gasteiger partial charge in [-0.05, 0) is 38.0 Å². The van der Waals surface area contributed by atoms with Crippen molar-refractivity contribution in [3.05, 3.63) is 48.3 Å². The fourth-order valence-electron chi connectivity index (χ4n) is 3.11. The average Bonchev–Trinajstić information content (AvgIpc) is 3.15. The summed E-state index contributed by atoms with van der Waals surface area (Å²) in [7, 11) is -3.34. The van der Waals surface area contributed by atoms with E-state index in [4.69, 9.17) is 0 Å². The Bertz CT molecular complexity index is 824. The molecule has 8 heteroatoms. The SMILES string of the molecule is Cc1ccc(S(=O)(=O)C2CCN(C(=O)NCCn3cccn3)CC2)cc1. The first-order valence-corrected chi connectivity index (χ1v) is 10.3. The topological polar surface area (TPSA) is 84.3 Å². The number of urea groups is 1. The van der Waals surface area contributed by atoms with E-state index >= 15 is 0 Å². The number of nitrogens with one attached hydrogen (secondary N) is 1. The monoisotopic (exact) mass is 376 g/mol. The maximum absolute atomic E-state index is 12.7. The van der Waals surface area contributed by atoms with E-state index in [0.717, 1.165) is 5.56 Å². The molecule has 26 heavy (non-hydrogen) atoms. The zero-order valence-corrected chi connectivity index (χ0v) is 15.7. The van der Waals surface area contributed by atoms with Gasteiger partial charge in [-0.1, -0.05) is 17.7 Å². The Hall–Kier alpha value is -2.35. The molecule has 0 saturated carbocycles. The van der Waals surface area contributed by atoms with E-state index in [1.165, 1.54) is 0 Å². The Morgan fingerprint density at radius 1 is 1.23 bits per heavy atom. The molecule has 2 aromatic rings. The van der Waals surface area contributed by atoms with Crippen molar-refractivity contribution in [1.29, 1.82) is 0 Å². The number of piperidine rings is 1. The Labute approximate surface area is 153 Å².